The fourth-order valence-corrected chi connectivity index (χ4v) is 4.50. The molecule has 0 heterocycles. The molecule has 120 valence electrons. The summed E-state index contributed by atoms with van der Waals surface area (Å²) in [6.45, 7) is 6.39. The first-order chi connectivity index (χ1) is 9.43. The third-order valence-corrected chi connectivity index (χ3v) is 5.68. The monoisotopic (exact) mass is 412 g/mol. The Hall–Kier alpha value is 0.880. The topological polar surface area (TPSA) is 18.5 Å². The van der Waals surface area contributed by atoms with E-state index < -0.39 is 0 Å². The molecule has 1 saturated carbocycles. The Bertz CT molecular complexity index is 255. The lowest BCUT2D eigenvalue weighted by Crippen LogP contribution is -2.43. The van der Waals surface area contributed by atoms with Crippen molar-refractivity contribution in [2.45, 2.75) is 49.7 Å². The first-order valence-electron chi connectivity index (χ1n) is 7.69. The van der Waals surface area contributed by atoms with Crippen LogP contribution in [0.3, 0.4) is 0 Å². The zero-order chi connectivity index (χ0) is 15.2. The van der Waals surface area contributed by atoms with Gasteiger partial charge in [0, 0.05) is 19.6 Å². The predicted molar refractivity (Wildman–Crippen MR) is 92.7 cm³/mol. The van der Waals surface area contributed by atoms with Crippen molar-refractivity contribution in [1.29, 1.82) is 0 Å². The fourth-order valence-electron chi connectivity index (χ4n) is 4.04. The highest BCUT2D eigenvalue weighted by molar-refractivity contribution is 9.24. The molecule has 2 unspecified atom stereocenters. The van der Waals surface area contributed by atoms with Crippen molar-refractivity contribution in [1.82, 2.24) is 0 Å². The molecule has 0 spiro atoms. The third kappa shape index (κ3) is 5.58. The number of hydrogen-bond acceptors (Lipinski definition) is 2. The highest BCUT2D eigenvalue weighted by Gasteiger charge is 2.42. The second-order valence-corrected chi connectivity index (χ2v) is 10.2. The minimum atomic E-state index is 0.159. The Labute approximate surface area is 141 Å². The normalized spacial score (nSPS) is 28.1. The summed E-state index contributed by atoms with van der Waals surface area (Å²) in [5, 5.41) is 0. The maximum Gasteiger partial charge on any atom is 0.0698 e. The number of hydrogen-bond donors (Lipinski definition) is 0. The van der Waals surface area contributed by atoms with E-state index in [4.69, 9.17) is 9.47 Å². The van der Waals surface area contributed by atoms with E-state index in [-0.39, 0.29) is 5.41 Å². The van der Waals surface area contributed by atoms with Crippen molar-refractivity contribution in [3.8, 4) is 0 Å². The molecule has 0 N–H and O–H groups in total. The maximum atomic E-state index is 5.61. The minimum absolute atomic E-state index is 0.159. The molecule has 0 radical (unpaired) electrons. The highest BCUT2D eigenvalue weighted by Crippen LogP contribution is 2.46. The van der Waals surface area contributed by atoms with Gasteiger partial charge < -0.3 is 9.47 Å². The van der Waals surface area contributed by atoms with Gasteiger partial charge in [0.15, 0.2) is 0 Å². The molecule has 1 rings (SSSR count). The van der Waals surface area contributed by atoms with Gasteiger partial charge in [0.25, 0.3) is 0 Å². The van der Waals surface area contributed by atoms with Crippen molar-refractivity contribution in [3.05, 3.63) is 0 Å². The van der Waals surface area contributed by atoms with Crippen molar-refractivity contribution < 1.29 is 9.47 Å². The summed E-state index contributed by atoms with van der Waals surface area (Å²) in [6.07, 6.45) is 6.23. The van der Waals surface area contributed by atoms with Crippen LogP contribution in [0.2, 0.25) is 0 Å². The van der Waals surface area contributed by atoms with Gasteiger partial charge >= 0.3 is 0 Å². The fraction of sp³-hybridized carbons (Fsp3) is 1.00. The molecule has 0 aromatic carbocycles. The van der Waals surface area contributed by atoms with Crippen LogP contribution in [0.5, 0.6) is 0 Å². The molecular weight excluding hydrogens is 384 g/mol. The highest BCUT2D eigenvalue weighted by atomic mass is 79.9. The van der Waals surface area contributed by atoms with Crippen LogP contribution < -0.4 is 0 Å². The Kier molecular flexibility index (Phi) is 8.63. The zero-order valence-corrected chi connectivity index (χ0v) is 16.5. The molecule has 0 aromatic rings. The number of rotatable bonds is 8. The van der Waals surface area contributed by atoms with E-state index in [1.54, 1.807) is 0 Å². The van der Waals surface area contributed by atoms with Crippen LogP contribution in [-0.4, -0.2) is 31.2 Å². The van der Waals surface area contributed by atoms with Gasteiger partial charge in [-0.1, -0.05) is 45.7 Å². The van der Waals surface area contributed by atoms with Crippen LogP contribution >= 0.6 is 31.9 Å². The zero-order valence-electron chi connectivity index (χ0n) is 13.3. The van der Waals surface area contributed by atoms with Crippen molar-refractivity contribution >= 4 is 31.9 Å². The first-order valence-corrected chi connectivity index (χ1v) is 9.52. The molecule has 1 aliphatic rings. The van der Waals surface area contributed by atoms with E-state index in [1.807, 2.05) is 14.2 Å². The average molecular weight is 414 g/mol. The Morgan fingerprint density at radius 1 is 1.00 bits per heavy atom. The number of ether oxygens (including phenoxy) is 2. The first kappa shape index (κ1) is 18.9. The molecule has 2 atom stereocenters. The number of methoxy groups -OCH3 is 2. The van der Waals surface area contributed by atoms with E-state index in [0.717, 1.165) is 37.9 Å². The van der Waals surface area contributed by atoms with Gasteiger partial charge in [-0.25, -0.2) is 0 Å². The van der Waals surface area contributed by atoms with E-state index in [0.29, 0.717) is 9.65 Å². The molecule has 0 saturated heterocycles. The molecule has 1 fully saturated rings. The molecule has 2 nitrogen and oxygen atoms in total. The van der Waals surface area contributed by atoms with Crippen LogP contribution in [0.4, 0.5) is 0 Å². The third-order valence-electron chi connectivity index (χ3n) is 4.77. The second-order valence-electron chi connectivity index (χ2n) is 6.77. The Morgan fingerprint density at radius 2 is 1.50 bits per heavy atom. The summed E-state index contributed by atoms with van der Waals surface area (Å²) in [5.74, 6) is 2.35. The average Bonchev–Trinajstić information content (AvgIpc) is 2.35. The van der Waals surface area contributed by atoms with E-state index in [1.165, 1.54) is 19.3 Å². The van der Waals surface area contributed by atoms with Crippen molar-refractivity contribution in [2.75, 3.05) is 27.4 Å². The smallest absolute Gasteiger partial charge is 0.0698 e. The Morgan fingerprint density at radius 3 is 1.90 bits per heavy atom. The lowest BCUT2D eigenvalue weighted by atomic mass is 9.63. The van der Waals surface area contributed by atoms with Crippen LogP contribution in [0.1, 0.15) is 46.0 Å². The van der Waals surface area contributed by atoms with Crippen LogP contribution in [-0.2, 0) is 9.47 Å². The molecule has 0 aromatic heterocycles. The number of halogens is 2. The molecule has 1 aliphatic carbocycles. The quantitative estimate of drug-likeness (QED) is 0.507. The minimum Gasteiger partial charge on any atom is -0.384 e. The van der Waals surface area contributed by atoms with Gasteiger partial charge in [-0.05, 0) is 49.9 Å². The summed E-state index contributed by atoms with van der Waals surface area (Å²) in [4.78, 5) is 0. The standard InChI is InChI=1S/C16H30Br2O2/c1-12-7-13(2)9-14(8-12)16(10-19-3,11-20-4)6-5-15(17)18/h12-15H,5-11H2,1-4H3. The summed E-state index contributed by atoms with van der Waals surface area (Å²) in [7, 11) is 3.64. The lowest BCUT2D eigenvalue weighted by molar-refractivity contribution is -0.0582. The van der Waals surface area contributed by atoms with Gasteiger partial charge in [-0.15, -0.1) is 0 Å². The van der Waals surface area contributed by atoms with Gasteiger partial charge in [0.05, 0.1) is 17.0 Å². The van der Waals surface area contributed by atoms with Crippen LogP contribution in [0, 0.1) is 23.2 Å². The molecule has 0 aliphatic heterocycles. The van der Waals surface area contributed by atoms with Gasteiger partial charge in [-0.2, -0.15) is 0 Å². The summed E-state index contributed by atoms with van der Waals surface area (Å²) < 4.78 is 11.6. The van der Waals surface area contributed by atoms with Crippen LogP contribution in [0.25, 0.3) is 0 Å². The largest absolute Gasteiger partial charge is 0.384 e. The number of alkyl halides is 2. The van der Waals surface area contributed by atoms with E-state index in [2.05, 4.69) is 45.7 Å². The van der Waals surface area contributed by atoms with E-state index in [9.17, 15) is 0 Å². The van der Waals surface area contributed by atoms with Crippen LogP contribution in [0.15, 0.2) is 0 Å². The maximum absolute atomic E-state index is 5.61. The van der Waals surface area contributed by atoms with Gasteiger partial charge in [-0.3, -0.25) is 0 Å². The van der Waals surface area contributed by atoms with Gasteiger partial charge in [0.2, 0.25) is 0 Å². The van der Waals surface area contributed by atoms with E-state index >= 15 is 0 Å². The SMILES string of the molecule is COCC(CCC(Br)Br)(COC)C1CC(C)CC(C)C1. The van der Waals surface area contributed by atoms with Crippen molar-refractivity contribution in [2.24, 2.45) is 23.2 Å². The molecular formula is C16H30Br2O2. The predicted octanol–water partition coefficient (Wildman–Crippen LogP) is 5.23. The molecule has 0 amide bonds. The Balaban J connectivity index is 2.87. The molecule has 4 heteroatoms. The molecule has 20 heavy (non-hydrogen) atoms. The summed E-state index contributed by atoms with van der Waals surface area (Å²) in [6, 6.07) is 0. The van der Waals surface area contributed by atoms with Crippen molar-refractivity contribution in [3.63, 3.8) is 0 Å². The summed E-state index contributed by atoms with van der Waals surface area (Å²) >= 11 is 7.22. The molecule has 0 bridgehead atoms. The van der Waals surface area contributed by atoms with Gasteiger partial charge in [0.1, 0.15) is 0 Å². The lowest BCUT2D eigenvalue weighted by Gasteiger charge is -2.45. The summed E-state index contributed by atoms with van der Waals surface area (Å²) in [5.41, 5.74) is 0.159. The second kappa shape index (κ2) is 9.12.